The van der Waals surface area contributed by atoms with Crippen molar-refractivity contribution in [2.75, 3.05) is 32.5 Å². The number of fused-ring (bicyclic) bond motifs is 1. The normalized spacial score (nSPS) is 14.3. The minimum Gasteiger partial charge on any atom is -0.492 e. The highest BCUT2D eigenvalue weighted by atomic mass is 32.2. The Labute approximate surface area is 187 Å². The molecule has 9 heteroatoms. The molecule has 0 radical (unpaired) electrons. The molecular weight excluding hydrogens is 434 g/mol. The van der Waals surface area contributed by atoms with E-state index in [4.69, 9.17) is 9.47 Å². The van der Waals surface area contributed by atoms with Crippen molar-refractivity contribution < 1.29 is 17.9 Å². The highest BCUT2D eigenvalue weighted by molar-refractivity contribution is 7.88. The quantitative estimate of drug-likeness (QED) is 0.413. The van der Waals surface area contributed by atoms with E-state index in [9.17, 15) is 8.42 Å². The summed E-state index contributed by atoms with van der Waals surface area (Å²) in [6, 6.07) is 16.1. The zero-order chi connectivity index (χ0) is 21.7. The first-order valence-corrected chi connectivity index (χ1v) is 13.1. The Bertz CT molecular complexity index is 1060. The summed E-state index contributed by atoms with van der Waals surface area (Å²) in [5.41, 5.74) is 0.940. The fourth-order valence-corrected chi connectivity index (χ4v) is 4.69. The third kappa shape index (κ3) is 6.90. The number of nitrogens with zero attached hydrogens (tertiary/aromatic N) is 2. The standard InChI is InChI=1S/C22H27N3O4S2/c1-31(26,27)23-13-4-14-25(17-7-8-17)15-16-28-18-9-11-19(12-10-18)29-22-24-20-5-2-3-6-21(20)30-22/h2-3,5-6,9-12,17,23H,4,7-8,13-16H2,1H3. The molecule has 166 valence electrons. The summed E-state index contributed by atoms with van der Waals surface area (Å²) in [6.45, 7) is 2.76. The lowest BCUT2D eigenvalue weighted by molar-refractivity contribution is 0.200. The molecule has 0 bridgehead atoms. The van der Waals surface area contributed by atoms with Crippen LogP contribution in [-0.2, 0) is 10.0 Å². The number of thiazole rings is 1. The molecule has 1 aliphatic carbocycles. The summed E-state index contributed by atoms with van der Waals surface area (Å²) < 4.78 is 37.8. The van der Waals surface area contributed by atoms with Crippen LogP contribution in [0.25, 0.3) is 10.2 Å². The third-order valence-corrected chi connectivity index (χ3v) is 6.64. The van der Waals surface area contributed by atoms with Gasteiger partial charge >= 0.3 is 0 Å². The van der Waals surface area contributed by atoms with E-state index in [1.807, 2.05) is 48.5 Å². The van der Waals surface area contributed by atoms with Crippen LogP contribution in [0.5, 0.6) is 16.7 Å². The van der Waals surface area contributed by atoms with Crippen LogP contribution in [0.2, 0.25) is 0 Å². The third-order valence-electron chi connectivity index (χ3n) is 5.00. The van der Waals surface area contributed by atoms with Crippen LogP contribution < -0.4 is 14.2 Å². The zero-order valence-electron chi connectivity index (χ0n) is 17.5. The Morgan fingerprint density at radius 3 is 2.55 bits per heavy atom. The maximum absolute atomic E-state index is 11.2. The van der Waals surface area contributed by atoms with E-state index in [0.717, 1.165) is 41.2 Å². The Morgan fingerprint density at radius 2 is 1.84 bits per heavy atom. The predicted octanol–water partition coefficient (Wildman–Crippen LogP) is 3.87. The van der Waals surface area contributed by atoms with Crippen molar-refractivity contribution in [3.05, 3.63) is 48.5 Å². The number of para-hydroxylation sites is 1. The number of benzene rings is 2. The number of nitrogens with one attached hydrogen (secondary N) is 1. The van der Waals surface area contributed by atoms with Gasteiger partial charge in [0.15, 0.2) is 0 Å². The Hall–Kier alpha value is -2.20. The Kier molecular flexibility index (Phi) is 7.06. The minimum absolute atomic E-state index is 0.471. The van der Waals surface area contributed by atoms with Crippen LogP contribution in [0, 0.1) is 0 Å². The van der Waals surface area contributed by atoms with Crippen LogP contribution >= 0.6 is 11.3 Å². The molecule has 0 saturated heterocycles. The molecule has 0 atom stereocenters. The van der Waals surface area contributed by atoms with E-state index in [1.165, 1.54) is 30.4 Å². The van der Waals surface area contributed by atoms with Gasteiger partial charge in [-0.1, -0.05) is 23.5 Å². The van der Waals surface area contributed by atoms with Crippen LogP contribution in [0.1, 0.15) is 19.3 Å². The number of ether oxygens (including phenoxy) is 2. The summed E-state index contributed by atoms with van der Waals surface area (Å²) in [7, 11) is -3.12. The van der Waals surface area contributed by atoms with Crippen LogP contribution in [0.3, 0.4) is 0 Å². The predicted molar refractivity (Wildman–Crippen MR) is 124 cm³/mol. The van der Waals surface area contributed by atoms with Gasteiger partial charge in [0.05, 0.1) is 16.5 Å². The number of sulfonamides is 1. The lowest BCUT2D eigenvalue weighted by Crippen LogP contribution is -2.34. The van der Waals surface area contributed by atoms with Gasteiger partial charge in [-0.2, -0.15) is 0 Å². The summed E-state index contributed by atoms with van der Waals surface area (Å²) >= 11 is 1.52. The first-order chi connectivity index (χ1) is 15.0. The van der Waals surface area contributed by atoms with E-state index >= 15 is 0 Å². The van der Waals surface area contributed by atoms with Gasteiger partial charge in [0, 0.05) is 19.1 Å². The van der Waals surface area contributed by atoms with Crippen molar-refractivity contribution in [3.63, 3.8) is 0 Å². The molecule has 4 rings (SSSR count). The van der Waals surface area contributed by atoms with Crippen molar-refractivity contribution in [2.45, 2.75) is 25.3 Å². The summed E-state index contributed by atoms with van der Waals surface area (Å²) in [5, 5.41) is 0.625. The Balaban J connectivity index is 1.22. The maximum Gasteiger partial charge on any atom is 0.279 e. The van der Waals surface area contributed by atoms with Crippen LogP contribution in [0.4, 0.5) is 0 Å². The molecule has 0 aliphatic heterocycles. The topological polar surface area (TPSA) is 80.8 Å². The fourth-order valence-electron chi connectivity index (χ4n) is 3.34. The SMILES string of the molecule is CS(=O)(=O)NCCCN(CCOc1ccc(Oc2nc3ccccc3s2)cc1)C1CC1. The molecule has 0 spiro atoms. The van der Waals surface area contributed by atoms with E-state index in [1.54, 1.807) is 0 Å². The van der Waals surface area contributed by atoms with Gasteiger partial charge in [0.25, 0.3) is 5.19 Å². The van der Waals surface area contributed by atoms with Gasteiger partial charge in [-0.25, -0.2) is 18.1 Å². The average Bonchev–Trinajstić information content (AvgIpc) is 3.49. The summed E-state index contributed by atoms with van der Waals surface area (Å²) in [5.74, 6) is 1.52. The lowest BCUT2D eigenvalue weighted by atomic mass is 10.3. The molecule has 7 nitrogen and oxygen atoms in total. The van der Waals surface area contributed by atoms with Gasteiger partial charge in [-0.3, -0.25) is 4.90 Å². The van der Waals surface area contributed by atoms with Gasteiger partial charge in [-0.05, 0) is 62.2 Å². The largest absolute Gasteiger partial charge is 0.492 e. The molecule has 0 amide bonds. The first-order valence-electron chi connectivity index (χ1n) is 10.4. The number of hydrogen-bond donors (Lipinski definition) is 1. The molecule has 2 aromatic carbocycles. The van der Waals surface area contributed by atoms with E-state index in [-0.39, 0.29) is 0 Å². The molecule has 1 fully saturated rings. The molecule has 0 unspecified atom stereocenters. The van der Waals surface area contributed by atoms with Gasteiger partial charge in [0.2, 0.25) is 10.0 Å². The highest BCUT2D eigenvalue weighted by Gasteiger charge is 2.28. The molecule has 1 saturated carbocycles. The first kappa shape index (κ1) is 22.0. The molecule has 1 heterocycles. The molecule has 1 aromatic heterocycles. The minimum atomic E-state index is -3.12. The second kappa shape index (κ2) is 9.95. The Morgan fingerprint density at radius 1 is 1.10 bits per heavy atom. The van der Waals surface area contributed by atoms with Crippen LogP contribution in [-0.4, -0.2) is 56.8 Å². The summed E-state index contributed by atoms with van der Waals surface area (Å²) in [4.78, 5) is 6.87. The van der Waals surface area contributed by atoms with Crippen molar-refractivity contribution in [1.82, 2.24) is 14.6 Å². The smallest absolute Gasteiger partial charge is 0.279 e. The number of aromatic nitrogens is 1. The monoisotopic (exact) mass is 461 g/mol. The van der Waals surface area contributed by atoms with Crippen molar-refractivity contribution >= 4 is 31.6 Å². The van der Waals surface area contributed by atoms with Gasteiger partial charge in [0.1, 0.15) is 18.1 Å². The van der Waals surface area contributed by atoms with Crippen molar-refractivity contribution in [3.8, 4) is 16.7 Å². The maximum atomic E-state index is 11.2. The number of hydrogen-bond acceptors (Lipinski definition) is 7. The average molecular weight is 462 g/mol. The number of rotatable bonds is 12. The van der Waals surface area contributed by atoms with Crippen molar-refractivity contribution in [2.24, 2.45) is 0 Å². The molecule has 1 N–H and O–H groups in total. The van der Waals surface area contributed by atoms with E-state index in [2.05, 4.69) is 14.6 Å². The van der Waals surface area contributed by atoms with Gasteiger partial charge in [-0.15, -0.1) is 0 Å². The summed E-state index contributed by atoms with van der Waals surface area (Å²) in [6.07, 6.45) is 4.39. The van der Waals surface area contributed by atoms with E-state index < -0.39 is 10.0 Å². The highest BCUT2D eigenvalue weighted by Crippen LogP contribution is 2.31. The van der Waals surface area contributed by atoms with Gasteiger partial charge < -0.3 is 9.47 Å². The lowest BCUT2D eigenvalue weighted by Gasteiger charge is -2.22. The fraction of sp³-hybridized carbons (Fsp3) is 0.409. The van der Waals surface area contributed by atoms with Crippen LogP contribution in [0.15, 0.2) is 48.5 Å². The second-order valence-electron chi connectivity index (χ2n) is 7.66. The van der Waals surface area contributed by atoms with E-state index in [0.29, 0.717) is 24.4 Å². The molecule has 1 aliphatic rings. The zero-order valence-corrected chi connectivity index (χ0v) is 19.1. The molecule has 31 heavy (non-hydrogen) atoms. The second-order valence-corrected chi connectivity index (χ2v) is 10.5. The molecular formula is C22H27N3O4S2. The molecule has 3 aromatic rings. The van der Waals surface area contributed by atoms with Crippen molar-refractivity contribution in [1.29, 1.82) is 0 Å².